The number of benzene rings is 4. The Morgan fingerprint density at radius 2 is 1.62 bits per heavy atom. The number of likely N-dealkylation sites (N-methyl/N-ethyl adjacent to an activating group) is 1. The van der Waals surface area contributed by atoms with Gasteiger partial charge in [-0.05, 0) is 84.3 Å². The van der Waals surface area contributed by atoms with Crippen molar-refractivity contribution in [1.82, 2.24) is 14.8 Å². The second-order valence-electron chi connectivity index (χ2n) is 12.1. The molecule has 0 aliphatic heterocycles. The summed E-state index contributed by atoms with van der Waals surface area (Å²) in [6, 6.07) is 30.4. The molecule has 0 saturated heterocycles. The zero-order valence-corrected chi connectivity index (χ0v) is 27.9. The zero-order chi connectivity index (χ0) is 33.9. The van der Waals surface area contributed by atoms with Gasteiger partial charge in [-0.3, -0.25) is 9.59 Å². The van der Waals surface area contributed by atoms with Gasteiger partial charge in [0.1, 0.15) is 0 Å². The van der Waals surface area contributed by atoms with Crippen molar-refractivity contribution >= 4 is 22.5 Å². The first-order valence-corrected chi connectivity index (χ1v) is 15.6. The molecular formula is C40H42N4O3. The minimum absolute atomic E-state index is 0.114. The van der Waals surface area contributed by atoms with Crippen LogP contribution >= 0.6 is 0 Å². The standard InChI is InChI=1S/C40H42N4O3/c1-8-37(43(6)9-2)40(47,31-17-15-29(16-18-31)39(46)41-26-28-13-20-33(21-14-28)42(4)5)32-19-22-36-35(24-32)34(25-38(45)44(36)7)30-12-10-11-27(3)23-30/h8-25,47H,2,26H2,1,3-7H3,(H,41,46)/b37-8-. The number of fused-ring (bicyclic) bond motifs is 1. The number of aliphatic hydroxyl groups is 1. The molecule has 7 heteroatoms. The summed E-state index contributed by atoms with van der Waals surface area (Å²) in [7, 11) is 7.57. The summed E-state index contributed by atoms with van der Waals surface area (Å²) in [5.41, 5.74) is 6.17. The zero-order valence-electron chi connectivity index (χ0n) is 27.9. The highest BCUT2D eigenvalue weighted by molar-refractivity contribution is 5.96. The lowest BCUT2D eigenvalue weighted by atomic mass is 9.81. The highest BCUT2D eigenvalue weighted by atomic mass is 16.3. The Hall–Kier alpha value is -5.40. The van der Waals surface area contributed by atoms with E-state index in [1.165, 1.54) is 0 Å². The van der Waals surface area contributed by atoms with E-state index in [0.717, 1.165) is 38.8 Å². The average Bonchev–Trinajstić information content (AvgIpc) is 3.08. The van der Waals surface area contributed by atoms with Gasteiger partial charge in [-0.2, -0.15) is 0 Å². The maximum Gasteiger partial charge on any atom is 0.251 e. The van der Waals surface area contributed by atoms with E-state index in [-0.39, 0.29) is 11.5 Å². The van der Waals surface area contributed by atoms with Gasteiger partial charge in [0, 0.05) is 57.4 Å². The number of amides is 1. The van der Waals surface area contributed by atoms with Gasteiger partial charge in [0.25, 0.3) is 11.5 Å². The summed E-state index contributed by atoms with van der Waals surface area (Å²) in [5.74, 6) is -0.208. The molecule has 0 bridgehead atoms. The number of allylic oxidation sites excluding steroid dienone is 1. The van der Waals surface area contributed by atoms with E-state index in [9.17, 15) is 14.7 Å². The van der Waals surface area contributed by atoms with E-state index in [4.69, 9.17) is 0 Å². The Labute approximate surface area is 276 Å². The molecule has 240 valence electrons. The Bertz CT molecular complexity index is 2020. The highest BCUT2D eigenvalue weighted by Gasteiger charge is 2.38. The number of hydrogen-bond donors (Lipinski definition) is 2. The molecule has 1 heterocycles. The van der Waals surface area contributed by atoms with Crippen LogP contribution in [0.4, 0.5) is 5.69 Å². The van der Waals surface area contributed by atoms with Crippen LogP contribution in [0, 0.1) is 6.92 Å². The molecule has 0 aliphatic carbocycles. The van der Waals surface area contributed by atoms with Gasteiger partial charge in [0.2, 0.25) is 0 Å². The van der Waals surface area contributed by atoms with Crippen molar-refractivity contribution in [3.05, 3.63) is 160 Å². The number of aromatic nitrogens is 1. The molecule has 0 saturated carbocycles. The van der Waals surface area contributed by atoms with Gasteiger partial charge in [0.15, 0.2) is 5.60 Å². The van der Waals surface area contributed by atoms with Crippen LogP contribution in [0.1, 0.15) is 39.5 Å². The average molecular weight is 627 g/mol. The molecule has 0 spiro atoms. The third-order valence-electron chi connectivity index (χ3n) is 8.76. The smallest absolute Gasteiger partial charge is 0.251 e. The lowest BCUT2D eigenvalue weighted by molar-refractivity contribution is 0.0941. The summed E-state index contributed by atoms with van der Waals surface area (Å²) in [6.07, 6.45) is 3.51. The van der Waals surface area contributed by atoms with E-state index < -0.39 is 5.60 Å². The maximum atomic E-state index is 13.1. The Balaban J connectivity index is 1.56. The molecule has 1 amide bonds. The van der Waals surface area contributed by atoms with E-state index in [2.05, 4.69) is 18.0 Å². The lowest BCUT2D eigenvalue weighted by Crippen LogP contribution is -2.36. The predicted molar refractivity (Wildman–Crippen MR) is 192 cm³/mol. The molecule has 1 aromatic heterocycles. The topological polar surface area (TPSA) is 77.8 Å². The minimum Gasteiger partial charge on any atom is -0.378 e. The van der Waals surface area contributed by atoms with Crippen LogP contribution in [0.15, 0.2) is 126 Å². The Morgan fingerprint density at radius 1 is 0.936 bits per heavy atom. The molecule has 1 unspecified atom stereocenters. The van der Waals surface area contributed by atoms with Crippen molar-refractivity contribution in [2.75, 3.05) is 26.0 Å². The van der Waals surface area contributed by atoms with Gasteiger partial charge in [0.05, 0.1) is 11.2 Å². The molecule has 0 fully saturated rings. The number of carbonyl (C=O) groups excluding carboxylic acids is 1. The van der Waals surface area contributed by atoms with Crippen LogP contribution in [0.2, 0.25) is 0 Å². The number of nitrogens with one attached hydrogen (secondary N) is 1. The van der Waals surface area contributed by atoms with Crippen molar-refractivity contribution in [2.45, 2.75) is 26.0 Å². The first-order valence-electron chi connectivity index (χ1n) is 15.6. The maximum absolute atomic E-state index is 13.1. The fraction of sp³-hybridized carbons (Fsp3) is 0.200. The van der Waals surface area contributed by atoms with E-state index in [1.54, 1.807) is 53.0 Å². The highest BCUT2D eigenvalue weighted by Crippen LogP contribution is 2.40. The molecular weight excluding hydrogens is 584 g/mol. The Kier molecular flexibility index (Phi) is 9.49. The third kappa shape index (κ3) is 6.48. The molecule has 0 radical (unpaired) electrons. The van der Waals surface area contributed by atoms with Gasteiger partial charge in [-0.1, -0.05) is 72.8 Å². The van der Waals surface area contributed by atoms with Crippen molar-refractivity contribution in [1.29, 1.82) is 0 Å². The van der Waals surface area contributed by atoms with Crippen molar-refractivity contribution < 1.29 is 9.90 Å². The second kappa shape index (κ2) is 13.5. The van der Waals surface area contributed by atoms with Crippen molar-refractivity contribution in [3.63, 3.8) is 0 Å². The monoisotopic (exact) mass is 626 g/mol. The van der Waals surface area contributed by atoms with Crippen molar-refractivity contribution in [2.24, 2.45) is 7.05 Å². The van der Waals surface area contributed by atoms with Gasteiger partial charge in [-0.25, -0.2) is 0 Å². The van der Waals surface area contributed by atoms with Crippen LogP contribution in [0.25, 0.3) is 22.0 Å². The molecule has 5 rings (SSSR count). The molecule has 7 nitrogen and oxygen atoms in total. The Morgan fingerprint density at radius 3 is 2.23 bits per heavy atom. The lowest BCUT2D eigenvalue weighted by Gasteiger charge is -2.36. The summed E-state index contributed by atoms with van der Waals surface area (Å²) >= 11 is 0. The quantitative estimate of drug-likeness (QED) is 0.180. The number of nitrogens with zero attached hydrogens (tertiary/aromatic N) is 3. The van der Waals surface area contributed by atoms with Gasteiger partial charge >= 0.3 is 0 Å². The number of aryl methyl sites for hydroxylation is 2. The third-order valence-corrected chi connectivity index (χ3v) is 8.76. The molecule has 2 N–H and O–H groups in total. The SMILES string of the molecule is C=CN(C)/C(=C\C)C(O)(c1ccc(C(=O)NCc2ccc(N(C)C)cc2)cc1)c1ccc2c(c1)c(-c1cccc(C)c1)cc(=O)n2C. The van der Waals surface area contributed by atoms with Crippen LogP contribution in [-0.4, -0.2) is 41.6 Å². The van der Waals surface area contributed by atoms with Crippen LogP contribution < -0.4 is 15.8 Å². The van der Waals surface area contributed by atoms with E-state index in [1.807, 2.05) is 107 Å². The number of rotatable bonds is 10. The normalized spacial score (nSPS) is 12.8. The molecule has 47 heavy (non-hydrogen) atoms. The summed E-state index contributed by atoms with van der Waals surface area (Å²) in [5, 5.41) is 16.6. The van der Waals surface area contributed by atoms with Crippen LogP contribution in [0.5, 0.6) is 0 Å². The summed E-state index contributed by atoms with van der Waals surface area (Å²) < 4.78 is 1.62. The van der Waals surface area contributed by atoms with Gasteiger partial charge < -0.3 is 24.8 Å². The van der Waals surface area contributed by atoms with Gasteiger partial charge in [-0.15, -0.1) is 0 Å². The number of carbonyl (C=O) groups is 1. The van der Waals surface area contributed by atoms with Crippen molar-refractivity contribution in [3.8, 4) is 11.1 Å². The van der Waals surface area contributed by atoms with E-state index >= 15 is 0 Å². The van der Waals surface area contributed by atoms with E-state index in [0.29, 0.717) is 28.9 Å². The largest absolute Gasteiger partial charge is 0.378 e. The summed E-state index contributed by atoms with van der Waals surface area (Å²) in [4.78, 5) is 29.9. The molecule has 1 atom stereocenters. The minimum atomic E-state index is -1.62. The second-order valence-corrected chi connectivity index (χ2v) is 12.1. The predicted octanol–water partition coefficient (Wildman–Crippen LogP) is 6.72. The fourth-order valence-electron chi connectivity index (χ4n) is 6.03. The molecule has 0 aliphatic rings. The van der Waals surface area contributed by atoms with Crippen LogP contribution in [-0.2, 0) is 19.2 Å². The number of anilines is 1. The number of pyridine rings is 1. The summed E-state index contributed by atoms with van der Waals surface area (Å²) in [6.45, 7) is 8.23. The fourth-order valence-corrected chi connectivity index (χ4v) is 6.03. The number of hydrogen-bond acceptors (Lipinski definition) is 5. The molecule has 5 aromatic rings. The molecule has 4 aromatic carbocycles. The first-order chi connectivity index (χ1) is 22.5. The first kappa shape index (κ1) is 33.0. The van der Waals surface area contributed by atoms with Crippen LogP contribution in [0.3, 0.4) is 0 Å².